The Hall–Kier alpha value is -2.16. The lowest BCUT2D eigenvalue weighted by Gasteiger charge is -2.23. The molecule has 0 spiro atoms. The Bertz CT molecular complexity index is 540. The minimum atomic E-state index is 0.659. The van der Waals surface area contributed by atoms with Gasteiger partial charge in [0.1, 0.15) is 12.4 Å². The molecule has 0 aliphatic rings. The van der Waals surface area contributed by atoms with Gasteiger partial charge in [0.2, 0.25) is 0 Å². The van der Waals surface area contributed by atoms with Crippen molar-refractivity contribution < 1.29 is 4.74 Å². The van der Waals surface area contributed by atoms with Crippen molar-refractivity contribution in [1.29, 1.82) is 0 Å². The van der Waals surface area contributed by atoms with Crippen LogP contribution in [0.4, 0.5) is 11.4 Å². The first-order valence-corrected chi connectivity index (χ1v) is 6.99. The number of nitrogens with two attached hydrogens (primary N) is 1. The molecular weight excluding hydrogens is 248 g/mol. The van der Waals surface area contributed by atoms with E-state index in [2.05, 4.69) is 36.1 Å². The Morgan fingerprint density at radius 1 is 1.10 bits per heavy atom. The number of rotatable bonds is 6. The number of ether oxygens (including phenoxy) is 1. The van der Waals surface area contributed by atoms with E-state index in [0.717, 1.165) is 30.1 Å². The molecule has 0 bridgehead atoms. The first-order chi connectivity index (χ1) is 9.70. The third-order valence-corrected chi connectivity index (χ3v) is 3.37. The van der Waals surface area contributed by atoms with Crippen LogP contribution in [0.5, 0.6) is 5.75 Å². The number of hydrogen-bond acceptors (Lipinski definition) is 3. The van der Waals surface area contributed by atoms with Crippen molar-refractivity contribution in [1.82, 2.24) is 0 Å². The highest BCUT2D eigenvalue weighted by Gasteiger charge is 2.04. The molecule has 2 aromatic carbocycles. The highest BCUT2D eigenvalue weighted by molar-refractivity contribution is 5.49. The van der Waals surface area contributed by atoms with Gasteiger partial charge >= 0.3 is 0 Å². The zero-order valence-corrected chi connectivity index (χ0v) is 12.2. The SMILES string of the molecule is CCN(CCOc1ccc(N)c(C)c1)c1ccccc1. The maximum Gasteiger partial charge on any atom is 0.119 e. The van der Waals surface area contributed by atoms with Crippen LogP contribution < -0.4 is 15.4 Å². The van der Waals surface area contributed by atoms with Gasteiger partial charge in [-0.05, 0) is 49.7 Å². The van der Waals surface area contributed by atoms with Gasteiger partial charge in [-0.25, -0.2) is 0 Å². The van der Waals surface area contributed by atoms with E-state index >= 15 is 0 Å². The summed E-state index contributed by atoms with van der Waals surface area (Å²) in [5, 5.41) is 0. The van der Waals surface area contributed by atoms with Crippen molar-refractivity contribution in [3.8, 4) is 5.75 Å². The van der Waals surface area contributed by atoms with Gasteiger partial charge in [0, 0.05) is 17.9 Å². The van der Waals surface area contributed by atoms with Gasteiger partial charge in [0.05, 0.1) is 6.54 Å². The molecule has 20 heavy (non-hydrogen) atoms. The number of benzene rings is 2. The summed E-state index contributed by atoms with van der Waals surface area (Å²) >= 11 is 0. The third-order valence-electron chi connectivity index (χ3n) is 3.37. The maximum atomic E-state index is 5.80. The molecule has 0 aliphatic carbocycles. The molecule has 2 N–H and O–H groups in total. The maximum absolute atomic E-state index is 5.80. The summed E-state index contributed by atoms with van der Waals surface area (Å²) in [4.78, 5) is 2.30. The number of likely N-dealkylation sites (N-methyl/N-ethyl adjacent to an activating group) is 1. The fraction of sp³-hybridized carbons (Fsp3) is 0.294. The Kier molecular flexibility index (Phi) is 4.88. The van der Waals surface area contributed by atoms with Gasteiger partial charge in [-0.15, -0.1) is 0 Å². The second-order valence-electron chi connectivity index (χ2n) is 4.78. The average molecular weight is 270 g/mol. The molecule has 0 amide bonds. The summed E-state index contributed by atoms with van der Waals surface area (Å²) in [6.07, 6.45) is 0. The average Bonchev–Trinajstić information content (AvgIpc) is 2.48. The van der Waals surface area contributed by atoms with E-state index < -0.39 is 0 Å². The highest BCUT2D eigenvalue weighted by Crippen LogP contribution is 2.19. The molecule has 2 rings (SSSR count). The number of aryl methyl sites for hydroxylation is 1. The van der Waals surface area contributed by atoms with Crippen molar-refractivity contribution in [3.05, 3.63) is 54.1 Å². The lowest BCUT2D eigenvalue weighted by molar-refractivity contribution is 0.324. The first kappa shape index (κ1) is 14.3. The molecule has 3 nitrogen and oxygen atoms in total. The van der Waals surface area contributed by atoms with E-state index in [0.29, 0.717) is 6.61 Å². The summed E-state index contributed by atoms with van der Waals surface area (Å²) in [6, 6.07) is 16.2. The third kappa shape index (κ3) is 3.67. The largest absolute Gasteiger partial charge is 0.492 e. The van der Waals surface area contributed by atoms with E-state index in [-0.39, 0.29) is 0 Å². The van der Waals surface area contributed by atoms with Crippen LogP contribution in [0.1, 0.15) is 12.5 Å². The zero-order chi connectivity index (χ0) is 14.4. The van der Waals surface area contributed by atoms with Crippen molar-refractivity contribution in [2.75, 3.05) is 30.3 Å². The Morgan fingerprint density at radius 3 is 2.50 bits per heavy atom. The van der Waals surface area contributed by atoms with E-state index in [1.165, 1.54) is 5.69 Å². The summed E-state index contributed by atoms with van der Waals surface area (Å²) in [6.45, 7) is 6.63. The predicted molar refractivity (Wildman–Crippen MR) is 85.4 cm³/mol. The molecule has 106 valence electrons. The molecular formula is C17H22N2O. The van der Waals surface area contributed by atoms with Gasteiger partial charge in [-0.1, -0.05) is 18.2 Å². The van der Waals surface area contributed by atoms with Gasteiger partial charge < -0.3 is 15.4 Å². The number of nitrogen functional groups attached to an aromatic ring is 1. The fourth-order valence-electron chi connectivity index (χ4n) is 2.12. The predicted octanol–water partition coefficient (Wildman–Crippen LogP) is 3.48. The lowest BCUT2D eigenvalue weighted by Crippen LogP contribution is -2.27. The van der Waals surface area contributed by atoms with Crippen molar-refractivity contribution >= 4 is 11.4 Å². The Labute approximate surface area is 121 Å². The van der Waals surface area contributed by atoms with Crippen LogP contribution in [0, 0.1) is 6.92 Å². The molecule has 0 fully saturated rings. The van der Waals surface area contributed by atoms with Crippen molar-refractivity contribution in [3.63, 3.8) is 0 Å². The van der Waals surface area contributed by atoms with Crippen LogP contribution in [-0.2, 0) is 0 Å². The van der Waals surface area contributed by atoms with Gasteiger partial charge in [0.25, 0.3) is 0 Å². The molecule has 0 heterocycles. The summed E-state index contributed by atoms with van der Waals surface area (Å²) in [5.41, 5.74) is 8.88. The first-order valence-electron chi connectivity index (χ1n) is 6.99. The van der Waals surface area contributed by atoms with Crippen LogP contribution in [0.2, 0.25) is 0 Å². The van der Waals surface area contributed by atoms with Gasteiger partial charge in [0.15, 0.2) is 0 Å². The fourth-order valence-corrected chi connectivity index (χ4v) is 2.12. The number of anilines is 2. The summed E-state index contributed by atoms with van der Waals surface area (Å²) in [5.74, 6) is 0.876. The van der Waals surface area contributed by atoms with E-state index in [1.54, 1.807) is 0 Å². The monoisotopic (exact) mass is 270 g/mol. The Balaban J connectivity index is 1.89. The van der Waals surface area contributed by atoms with Crippen LogP contribution in [0.15, 0.2) is 48.5 Å². The normalized spacial score (nSPS) is 10.3. The molecule has 0 atom stereocenters. The summed E-state index contributed by atoms with van der Waals surface area (Å²) < 4.78 is 5.80. The van der Waals surface area contributed by atoms with Crippen LogP contribution in [0.25, 0.3) is 0 Å². The van der Waals surface area contributed by atoms with Gasteiger partial charge in [-0.3, -0.25) is 0 Å². The molecule has 0 unspecified atom stereocenters. The standard InChI is InChI=1S/C17H22N2O/c1-3-19(15-7-5-4-6-8-15)11-12-20-16-9-10-17(18)14(2)13-16/h4-10,13H,3,11-12,18H2,1-2H3. The number of hydrogen-bond donors (Lipinski definition) is 1. The quantitative estimate of drug-likeness (QED) is 0.817. The Morgan fingerprint density at radius 2 is 1.85 bits per heavy atom. The number of para-hydroxylation sites is 1. The molecule has 0 aliphatic heterocycles. The summed E-state index contributed by atoms with van der Waals surface area (Å²) in [7, 11) is 0. The topological polar surface area (TPSA) is 38.5 Å². The van der Waals surface area contributed by atoms with Crippen molar-refractivity contribution in [2.24, 2.45) is 0 Å². The molecule has 0 radical (unpaired) electrons. The second kappa shape index (κ2) is 6.85. The van der Waals surface area contributed by atoms with E-state index in [9.17, 15) is 0 Å². The van der Waals surface area contributed by atoms with Crippen LogP contribution >= 0.6 is 0 Å². The van der Waals surface area contributed by atoms with E-state index in [1.807, 2.05) is 31.2 Å². The minimum absolute atomic E-state index is 0.659. The van der Waals surface area contributed by atoms with Crippen LogP contribution in [-0.4, -0.2) is 19.7 Å². The van der Waals surface area contributed by atoms with Crippen LogP contribution in [0.3, 0.4) is 0 Å². The lowest BCUT2D eigenvalue weighted by atomic mass is 10.2. The molecule has 3 heteroatoms. The molecule has 0 aromatic heterocycles. The minimum Gasteiger partial charge on any atom is -0.492 e. The highest BCUT2D eigenvalue weighted by atomic mass is 16.5. The van der Waals surface area contributed by atoms with Gasteiger partial charge in [-0.2, -0.15) is 0 Å². The zero-order valence-electron chi connectivity index (χ0n) is 12.2. The number of nitrogens with zero attached hydrogens (tertiary/aromatic N) is 1. The van der Waals surface area contributed by atoms with E-state index in [4.69, 9.17) is 10.5 Å². The van der Waals surface area contributed by atoms with Crippen molar-refractivity contribution in [2.45, 2.75) is 13.8 Å². The molecule has 0 saturated carbocycles. The second-order valence-corrected chi connectivity index (χ2v) is 4.78. The smallest absolute Gasteiger partial charge is 0.119 e. The molecule has 2 aromatic rings. The molecule has 0 saturated heterocycles.